The average molecular weight is 372 g/mol. The number of aryl methyl sites for hydroxylation is 1. The third-order valence-corrected chi connectivity index (χ3v) is 6.65. The highest BCUT2D eigenvalue weighted by atomic mass is 32.1. The summed E-state index contributed by atoms with van der Waals surface area (Å²) in [6.45, 7) is 5.55. The van der Waals surface area contributed by atoms with Crippen LogP contribution < -0.4 is 4.90 Å². The van der Waals surface area contributed by atoms with Gasteiger partial charge in [0.25, 0.3) is 0 Å². The Hall–Kier alpha value is -2.02. The molecule has 26 heavy (non-hydrogen) atoms. The summed E-state index contributed by atoms with van der Waals surface area (Å²) in [7, 11) is 0. The Balaban J connectivity index is 1.49. The zero-order valence-electron chi connectivity index (χ0n) is 15.2. The van der Waals surface area contributed by atoms with Gasteiger partial charge in [0.15, 0.2) is 0 Å². The van der Waals surface area contributed by atoms with Crippen molar-refractivity contribution in [2.24, 2.45) is 5.41 Å². The molecule has 1 spiro atoms. The van der Waals surface area contributed by atoms with Crippen molar-refractivity contribution in [1.29, 1.82) is 0 Å². The molecule has 2 aliphatic rings. The van der Waals surface area contributed by atoms with Gasteiger partial charge in [0.2, 0.25) is 11.0 Å². The van der Waals surface area contributed by atoms with Crippen LogP contribution in [-0.4, -0.2) is 45.6 Å². The van der Waals surface area contributed by atoms with Crippen molar-refractivity contribution in [1.82, 2.24) is 20.1 Å². The molecular formula is C19H25N5OS. The highest BCUT2D eigenvalue weighted by Gasteiger charge is 2.42. The van der Waals surface area contributed by atoms with Crippen LogP contribution in [0.1, 0.15) is 43.3 Å². The average Bonchev–Trinajstić information content (AvgIpc) is 3.15. The molecule has 2 fully saturated rings. The molecule has 4 rings (SSSR count). The molecule has 1 atom stereocenters. The maximum absolute atomic E-state index is 12.5. The summed E-state index contributed by atoms with van der Waals surface area (Å²) in [5.74, 6) is 0.252. The fraction of sp³-hybridized carbons (Fsp3) is 0.579. The normalized spacial score (nSPS) is 23.7. The van der Waals surface area contributed by atoms with E-state index in [0.717, 1.165) is 54.7 Å². The lowest BCUT2D eigenvalue weighted by molar-refractivity contribution is -0.138. The summed E-state index contributed by atoms with van der Waals surface area (Å²) in [6, 6.07) is 5.89. The Labute approximate surface area is 158 Å². The van der Waals surface area contributed by atoms with Crippen LogP contribution in [0, 0.1) is 5.41 Å². The number of hydrogen-bond donors (Lipinski definition) is 0. The quantitative estimate of drug-likeness (QED) is 0.827. The zero-order valence-corrected chi connectivity index (χ0v) is 16.0. The predicted octanol–water partition coefficient (Wildman–Crippen LogP) is 2.90. The van der Waals surface area contributed by atoms with Gasteiger partial charge in [0.1, 0.15) is 5.01 Å². The Morgan fingerprint density at radius 2 is 2.15 bits per heavy atom. The number of amides is 1. The lowest BCUT2D eigenvalue weighted by Crippen LogP contribution is -2.53. The minimum atomic E-state index is 0.166. The largest absolute Gasteiger partial charge is 0.346 e. The number of piperidine rings is 2. The minimum Gasteiger partial charge on any atom is -0.346 e. The second kappa shape index (κ2) is 7.31. The van der Waals surface area contributed by atoms with Gasteiger partial charge in [-0.3, -0.25) is 9.78 Å². The van der Waals surface area contributed by atoms with E-state index in [-0.39, 0.29) is 11.3 Å². The molecule has 0 aromatic carbocycles. The zero-order chi connectivity index (χ0) is 18.0. The summed E-state index contributed by atoms with van der Waals surface area (Å²) >= 11 is 1.70. The number of carbonyl (C=O) groups excluding carboxylic acids is 1. The predicted molar refractivity (Wildman–Crippen MR) is 102 cm³/mol. The fourth-order valence-electron chi connectivity index (χ4n) is 4.15. The first-order valence-electron chi connectivity index (χ1n) is 9.42. The third-order valence-electron chi connectivity index (χ3n) is 5.52. The van der Waals surface area contributed by atoms with Crippen LogP contribution in [0.15, 0.2) is 24.4 Å². The Kier molecular flexibility index (Phi) is 4.89. The summed E-state index contributed by atoms with van der Waals surface area (Å²) < 4.78 is 0. The first kappa shape index (κ1) is 17.4. The lowest BCUT2D eigenvalue weighted by Gasteiger charge is -2.48. The maximum Gasteiger partial charge on any atom is 0.222 e. The molecule has 2 saturated heterocycles. The molecule has 4 heterocycles. The molecule has 0 bridgehead atoms. The van der Waals surface area contributed by atoms with Crippen LogP contribution in [0.3, 0.4) is 0 Å². The number of anilines is 1. The van der Waals surface area contributed by atoms with Crippen molar-refractivity contribution in [3.05, 3.63) is 35.1 Å². The van der Waals surface area contributed by atoms with Gasteiger partial charge >= 0.3 is 0 Å². The number of hydrogen-bond acceptors (Lipinski definition) is 6. The number of pyridine rings is 1. The van der Waals surface area contributed by atoms with E-state index in [1.165, 1.54) is 6.42 Å². The van der Waals surface area contributed by atoms with Gasteiger partial charge in [0, 0.05) is 37.7 Å². The molecule has 0 radical (unpaired) electrons. The molecule has 6 nitrogen and oxygen atoms in total. The molecule has 1 amide bonds. The summed E-state index contributed by atoms with van der Waals surface area (Å²) in [5.41, 5.74) is 1.13. The molecule has 0 N–H and O–H groups in total. The molecule has 7 heteroatoms. The van der Waals surface area contributed by atoms with Crippen LogP contribution in [0.25, 0.3) is 0 Å². The molecule has 138 valence electrons. The maximum atomic E-state index is 12.5. The third kappa shape index (κ3) is 3.58. The second-order valence-corrected chi connectivity index (χ2v) is 8.47. The monoisotopic (exact) mass is 371 g/mol. The van der Waals surface area contributed by atoms with E-state index in [2.05, 4.69) is 27.0 Å². The van der Waals surface area contributed by atoms with E-state index in [1.807, 2.05) is 23.1 Å². The molecule has 0 saturated carbocycles. The molecular weight excluding hydrogens is 346 g/mol. The van der Waals surface area contributed by atoms with Gasteiger partial charge in [-0.2, -0.15) is 0 Å². The van der Waals surface area contributed by atoms with E-state index in [1.54, 1.807) is 17.5 Å². The minimum absolute atomic E-state index is 0.166. The van der Waals surface area contributed by atoms with E-state index in [9.17, 15) is 4.79 Å². The Morgan fingerprint density at radius 1 is 1.23 bits per heavy atom. The molecule has 0 aliphatic carbocycles. The van der Waals surface area contributed by atoms with Crippen LogP contribution in [0.4, 0.5) is 5.13 Å². The standard InChI is InChI=1S/C19H25N5OS/c1-2-16-21-22-18(26-16)23-11-5-8-19(13-23)9-7-17(25)24(14-19)12-15-6-3-4-10-20-15/h3-4,6,10H,2,5,7-9,11-14H2,1H3/t19-/m0/s1. The molecule has 0 unspecified atom stereocenters. The van der Waals surface area contributed by atoms with Gasteiger partial charge in [-0.1, -0.05) is 24.3 Å². The van der Waals surface area contributed by atoms with Crippen LogP contribution in [0.2, 0.25) is 0 Å². The number of likely N-dealkylation sites (tertiary alicyclic amines) is 1. The van der Waals surface area contributed by atoms with Gasteiger partial charge in [0.05, 0.1) is 12.2 Å². The lowest BCUT2D eigenvalue weighted by atomic mass is 9.73. The Bertz CT molecular complexity index is 764. The summed E-state index contributed by atoms with van der Waals surface area (Å²) in [5, 5.41) is 10.8. The van der Waals surface area contributed by atoms with Crippen LogP contribution in [-0.2, 0) is 17.8 Å². The SMILES string of the molecule is CCc1nnc(N2CCC[C@]3(CCC(=O)N(Cc4ccccn4)C3)C2)s1. The highest BCUT2D eigenvalue weighted by Crippen LogP contribution is 2.41. The molecule has 2 aromatic rings. The number of rotatable bonds is 4. The second-order valence-electron chi connectivity index (χ2n) is 7.43. The smallest absolute Gasteiger partial charge is 0.222 e. The van der Waals surface area contributed by atoms with Gasteiger partial charge in [-0.15, -0.1) is 10.2 Å². The van der Waals surface area contributed by atoms with Gasteiger partial charge in [-0.25, -0.2) is 0 Å². The van der Waals surface area contributed by atoms with Gasteiger partial charge in [-0.05, 0) is 37.8 Å². The fourth-order valence-corrected chi connectivity index (χ4v) is 4.96. The van der Waals surface area contributed by atoms with Crippen LogP contribution in [0.5, 0.6) is 0 Å². The molecule has 2 aliphatic heterocycles. The van der Waals surface area contributed by atoms with Crippen LogP contribution >= 0.6 is 11.3 Å². The Morgan fingerprint density at radius 3 is 2.92 bits per heavy atom. The van der Waals surface area contributed by atoms with Crippen molar-refractivity contribution in [3.63, 3.8) is 0 Å². The summed E-state index contributed by atoms with van der Waals surface area (Å²) in [6.07, 6.45) is 6.66. The summed E-state index contributed by atoms with van der Waals surface area (Å²) in [4.78, 5) is 21.3. The van der Waals surface area contributed by atoms with E-state index >= 15 is 0 Å². The first-order chi connectivity index (χ1) is 12.7. The van der Waals surface area contributed by atoms with Gasteiger partial charge < -0.3 is 9.80 Å². The van der Waals surface area contributed by atoms with E-state index in [4.69, 9.17) is 0 Å². The van der Waals surface area contributed by atoms with Crippen molar-refractivity contribution in [2.45, 2.75) is 45.6 Å². The number of aromatic nitrogens is 3. The van der Waals surface area contributed by atoms with E-state index < -0.39 is 0 Å². The first-order valence-corrected chi connectivity index (χ1v) is 10.2. The number of carbonyl (C=O) groups is 1. The van der Waals surface area contributed by atoms with E-state index in [0.29, 0.717) is 13.0 Å². The molecule has 2 aromatic heterocycles. The highest BCUT2D eigenvalue weighted by molar-refractivity contribution is 7.15. The topological polar surface area (TPSA) is 62.2 Å². The van der Waals surface area contributed by atoms with Crippen molar-refractivity contribution >= 4 is 22.4 Å². The van der Waals surface area contributed by atoms with Crippen molar-refractivity contribution in [3.8, 4) is 0 Å². The van der Waals surface area contributed by atoms with Crippen molar-refractivity contribution in [2.75, 3.05) is 24.5 Å². The number of nitrogens with zero attached hydrogens (tertiary/aromatic N) is 5. The van der Waals surface area contributed by atoms with Crippen molar-refractivity contribution < 1.29 is 4.79 Å².